The van der Waals surface area contributed by atoms with Gasteiger partial charge in [-0.25, -0.2) is 4.98 Å². The maximum atomic E-state index is 5.81. The Labute approximate surface area is 101 Å². The zero-order chi connectivity index (χ0) is 11.7. The molecule has 2 N–H and O–H groups in total. The number of aromatic nitrogens is 2. The fraction of sp³-hybridized carbons (Fsp3) is 0.667. The van der Waals surface area contributed by atoms with Crippen molar-refractivity contribution in [1.82, 2.24) is 9.97 Å². The monoisotopic (exact) mass is 234 g/mol. The van der Waals surface area contributed by atoms with Gasteiger partial charge in [0.1, 0.15) is 11.6 Å². The molecule has 1 aromatic rings. The number of fused-ring (bicyclic) bond motifs is 2. The van der Waals surface area contributed by atoms with Crippen LogP contribution in [-0.4, -0.2) is 34.8 Å². The van der Waals surface area contributed by atoms with Crippen LogP contribution in [0.4, 0.5) is 11.6 Å². The molecule has 1 aromatic heterocycles. The molecule has 5 heteroatoms. The Morgan fingerprint density at radius 3 is 2.94 bits per heavy atom. The van der Waals surface area contributed by atoms with Gasteiger partial charge < -0.3 is 15.4 Å². The molecule has 2 fully saturated rings. The lowest BCUT2D eigenvalue weighted by Gasteiger charge is -2.20. The quantitative estimate of drug-likeness (QED) is 0.829. The van der Waals surface area contributed by atoms with E-state index in [1.54, 1.807) is 12.4 Å². The zero-order valence-electron chi connectivity index (χ0n) is 10.0. The van der Waals surface area contributed by atoms with Gasteiger partial charge in [0.15, 0.2) is 0 Å². The molecule has 0 amide bonds. The maximum absolute atomic E-state index is 5.81. The minimum absolute atomic E-state index is 0.365. The van der Waals surface area contributed by atoms with Gasteiger partial charge in [-0.3, -0.25) is 4.98 Å². The van der Waals surface area contributed by atoms with E-state index < -0.39 is 0 Å². The number of anilines is 2. The Morgan fingerprint density at radius 2 is 2.24 bits per heavy atom. The summed E-state index contributed by atoms with van der Waals surface area (Å²) in [5.74, 6) is 1.66. The second-order valence-electron chi connectivity index (χ2n) is 4.68. The number of ether oxygens (including phenoxy) is 1. The Kier molecular flexibility index (Phi) is 2.84. The van der Waals surface area contributed by atoms with Gasteiger partial charge >= 0.3 is 0 Å². The predicted octanol–water partition coefficient (Wildman–Crippen LogP) is 1.64. The molecular formula is C12H18N4O. The van der Waals surface area contributed by atoms with Gasteiger partial charge in [0.05, 0.1) is 30.6 Å². The summed E-state index contributed by atoms with van der Waals surface area (Å²) in [6.07, 6.45) is 7.82. The molecule has 92 valence electrons. The van der Waals surface area contributed by atoms with E-state index in [9.17, 15) is 0 Å². The molecule has 2 aliphatic heterocycles. The highest BCUT2D eigenvalue weighted by Crippen LogP contribution is 2.35. The number of nitrogens with zero attached hydrogens (tertiary/aromatic N) is 2. The van der Waals surface area contributed by atoms with Crippen LogP contribution in [0.1, 0.15) is 26.2 Å². The van der Waals surface area contributed by atoms with E-state index in [1.807, 2.05) is 6.92 Å². The first-order valence-corrected chi connectivity index (χ1v) is 6.33. The second kappa shape index (κ2) is 4.49. The SMILES string of the molecule is CCNc1cncc(NC2CC3CCC2O3)n1. The average molecular weight is 234 g/mol. The first-order valence-electron chi connectivity index (χ1n) is 6.33. The topological polar surface area (TPSA) is 59.1 Å². The van der Waals surface area contributed by atoms with Crippen molar-refractivity contribution in [3.05, 3.63) is 12.4 Å². The summed E-state index contributed by atoms with van der Waals surface area (Å²) in [5, 5.41) is 6.59. The molecule has 0 radical (unpaired) electrons. The van der Waals surface area contributed by atoms with Crippen molar-refractivity contribution < 1.29 is 4.74 Å². The van der Waals surface area contributed by atoms with E-state index in [2.05, 4.69) is 20.6 Å². The molecule has 2 saturated heterocycles. The van der Waals surface area contributed by atoms with Crippen LogP contribution in [-0.2, 0) is 4.74 Å². The van der Waals surface area contributed by atoms with Crippen LogP contribution in [0, 0.1) is 0 Å². The van der Waals surface area contributed by atoms with Crippen LogP contribution in [0.15, 0.2) is 12.4 Å². The van der Waals surface area contributed by atoms with Crippen molar-refractivity contribution in [3.8, 4) is 0 Å². The Hall–Kier alpha value is -1.36. The van der Waals surface area contributed by atoms with Gasteiger partial charge in [-0.1, -0.05) is 0 Å². The summed E-state index contributed by atoms with van der Waals surface area (Å²) in [5.41, 5.74) is 0. The van der Waals surface area contributed by atoms with Gasteiger partial charge in [-0.05, 0) is 26.2 Å². The van der Waals surface area contributed by atoms with E-state index in [-0.39, 0.29) is 0 Å². The highest BCUT2D eigenvalue weighted by Gasteiger charge is 2.40. The fourth-order valence-electron chi connectivity index (χ4n) is 2.68. The van der Waals surface area contributed by atoms with Gasteiger partial charge in [0.2, 0.25) is 0 Å². The summed E-state index contributed by atoms with van der Waals surface area (Å²) in [6.45, 7) is 2.90. The van der Waals surface area contributed by atoms with Crippen molar-refractivity contribution >= 4 is 11.6 Å². The molecule has 0 aromatic carbocycles. The lowest BCUT2D eigenvalue weighted by Crippen LogP contribution is -2.30. The predicted molar refractivity (Wildman–Crippen MR) is 66.1 cm³/mol. The first-order chi connectivity index (χ1) is 8.35. The van der Waals surface area contributed by atoms with E-state index in [4.69, 9.17) is 4.74 Å². The third kappa shape index (κ3) is 2.20. The normalized spacial score (nSPS) is 30.5. The van der Waals surface area contributed by atoms with Gasteiger partial charge in [0.25, 0.3) is 0 Å². The fourth-order valence-corrected chi connectivity index (χ4v) is 2.68. The van der Waals surface area contributed by atoms with E-state index in [0.29, 0.717) is 18.2 Å². The van der Waals surface area contributed by atoms with Crippen molar-refractivity contribution in [3.63, 3.8) is 0 Å². The van der Waals surface area contributed by atoms with Crippen LogP contribution < -0.4 is 10.6 Å². The maximum Gasteiger partial charge on any atom is 0.147 e. The number of hydrogen-bond acceptors (Lipinski definition) is 5. The Bertz CT molecular complexity index is 398. The summed E-state index contributed by atoms with van der Waals surface area (Å²) >= 11 is 0. The number of rotatable bonds is 4. The largest absolute Gasteiger partial charge is 0.373 e. The lowest BCUT2D eigenvalue weighted by molar-refractivity contribution is 0.102. The number of hydrogen-bond donors (Lipinski definition) is 2. The molecule has 3 atom stereocenters. The summed E-state index contributed by atoms with van der Waals surface area (Å²) < 4.78 is 5.81. The van der Waals surface area contributed by atoms with Gasteiger partial charge in [-0.15, -0.1) is 0 Å². The van der Waals surface area contributed by atoms with Crippen molar-refractivity contribution in [2.75, 3.05) is 17.2 Å². The van der Waals surface area contributed by atoms with Crippen LogP contribution in [0.25, 0.3) is 0 Å². The minimum Gasteiger partial charge on any atom is -0.373 e. The smallest absolute Gasteiger partial charge is 0.147 e. The zero-order valence-corrected chi connectivity index (χ0v) is 10.0. The molecule has 2 bridgehead atoms. The lowest BCUT2D eigenvalue weighted by atomic mass is 9.95. The van der Waals surface area contributed by atoms with Crippen LogP contribution in [0.5, 0.6) is 0 Å². The summed E-state index contributed by atoms with van der Waals surface area (Å²) in [4.78, 5) is 8.65. The van der Waals surface area contributed by atoms with Gasteiger partial charge in [-0.2, -0.15) is 0 Å². The van der Waals surface area contributed by atoms with Crippen LogP contribution in [0.2, 0.25) is 0 Å². The van der Waals surface area contributed by atoms with Crippen LogP contribution >= 0.6 is 0 Å². The first kappa shape index (κ1) is 10.8. The van der Waals surface area contributed by atoms with E-state index in [1.165, 1.54) is 12.8 Å². The molecular weight excluding hydrogens is 216 g/mol. The molecule has 0 aliphatic carbocycles. The molecule has 3 heterocycles. The average Bonchev–Trinajstić information content (AvgIpc) is 2.92. The molecule has 3 unspecified atom stereocenters. The highest BCUT2D eigenvalue weighted by atomic mass is 16.5. The standard InChI is InChI=1S/C12H18N4O/c1-2-14-11-6-13-7-12(16-11)15-9-5-8-3-4-10(9)17-8/h6-10H,2-5H2,1H3,(H2,14,15,16). The van der Waals surface area contributed by atoms with Crippen LogP contribution in [0.3, 0.4) is 0 Å². The number of nitrogens with one attached hydrogen (secondary N) is 2. The Morgan fingerprint density at radius 1 is 1.35 bits per heavy atom. The molecule has 2 aliphatic rings. The molecule has 0 saturated carbocycles. The third-order valence-electron chi connectivity index (χ3n) is 3.43. The van der Waals surface area contributed by atoms with Crippen molar-refractivity contribution in [2.45, 2.75) is 44.4 Å². The van der Waals surface area contributed by atoms with Crippen molar-refractivity contribution in [1.29, 1.82) is 0 Å². The minimum atomic E-state index is 0.365. The van der Waals surface area contributed by atoms with Crippen molar-refractivity contribution in [2.24, 2.45) is 0 Å². The highest BCUT2D eigenvalue weighted by molar-refractivity contribution is 5.42. The van der Waals surface area contributed by atoms with E-state index in [0.717, 1.165) is 24.6 Å². The summed E-state index contributed by atoms with van der Waals surface area (Å²) in [6, 6.07) is 0.403. The molecule has 0 spiro atoms. The Balaban J connectivity index is 1.66. The summed E-state index contributed by atoms with van der Waals surface area (Å²) in [7, 11) is 0. The third-order valence-corrected chi connectivity index (χ3v) is 3.43. The van der Waals surface area contributed by atoms with E-state index >= 15 is 0 Å². The molecule has 5 nitrogen and oxygen atoms in total. The van der Waals surface area contributed by atoms with Gasteiger partial charge in [0, 0.05) is 6.54 Å². The second-order valence-corrected chi connectivity index (χ2v) is 4.68. The molecule has 3 rings (SSSR count). The molecule has 17 heavy (non-hydrogen) atoms.